The van der Waals surface area contributed by atoms with Gasteiger partial charge in [0.1, 0.15) is 0 Å². The fourth-order valence-electron chi connectivity index (χ4n) is 1.42. The van der Waals surface area contributed by atoms with E-state index in [9.17, 15) is 0 Å². The standard InChI is InChI=1S/C13H21N3S/c1-4-16(13(17)15-9-11(2)3)10-12-7-5-6-8-14-12/h5-8,11H,4,9-10H2,1-3H3,(H,15,17). The van der Waals surface area contributed by atoms with E-state index in [0.717, 1.165) is 30.4 Å². The van der Waals surface area contributed by atoms with E-state index in [2.05, 4.69) is 36.0 Å². The molecule has 4 heteroatoms. The molecule has 94 valence electrons. The van der Waals surface area contributed by atoms with Crippen molar-refractivity contribution in [3.63, 3.8) is 0 Å². The van der Waals surface area contributed by atoms with Gasteiger partial charge in [0.05, 0.1) is 12.2 Å². The Morgan fingerprint density at radius 3 is 2.76 bits per heavy atom. The third-order valence-corrected chi connectivity index (χ3v) is 2.81. The quantitative estimate of drug-likeness (QED) is 0.814. The van der Waals surface area contributed by atoms with Crippen molar-refractivity contribution in [1.29, 1.82) is 0 Å². The second-order valence-electron chi connectivity index (χ2n) is 4.42. The number of nitrogens with one attached hydrogen (secondary N) is 1. The van der Waals surface area contributed by atoms with Crippen LogP contribution in [-0.4, -0.2) is 28.1 Å². The summed E-state index contributed by atoms with van der Waals surface area (Å²) in [5, 5.41) is 4.09. The summed E-state index contributed by atoms with van der Waals surface area (Å²) in [7, 11) is 0. The first-order valence-electron chi connectivity index (χ1n) is 6.06. The highest BCUT2D eigenvalue weighted by atomic mass is 32.1. The van der Waals surface area contributed by atoms with Gasteiger partial charge in [-0.15, -0.1) is 0 Å². The van der Waals surface area contributed by atoms with Gasteiger partial charge in [0, 0.05) is 19.3 Å². The molecule has 1 rings (SSSR count). The summed E-state index contributed by atoms with van der Waals surface area (Å²) in [5.41, 5.74) is 1.04. The van der Waals surface area contributed by atoms with Gasteiger partial charge in [-0.25, -0.2) is 0 Å². The van der Waals surface area contributed by atoms with Gasteiger partial charge in [-0.3, -0.25) is 4.98 Å². The molecule has 0 radical (unpaired) electrons. The van der Waals surface area contributed by atoms with Crippen molar-refractivity contribution in [2.45, 2.75) is 27.3 Å². The summed E-state index contributed by atoms with van der Waals surface area (Å²) in [6.07, 6.45) is 1.81. The molecule has 0 fully saturated rings. The van der Waals surface area contributed by atoms with Crippen LogP contribution in [0.4, 0.5) is 0 Å². The van der Waals surface area contributed by atoms with Gasteiger partial charge < -0.3 is 10.2 Å². The van der Waals surface area contributed by atoms with Gasteiger partial charge in [0.15, 0.2) is 5.11 Å². The molecular weight excluding hydrogens is 230 g/mol. The number of thiocarbonyl (C=S) groups is 1. The van der Waals surface area contributed by atoms with Crippen molar-refractivity contribution in [2.75, 3.05) is 13.1 Å². The average molecular weight is 251 g/mol. The molecule has 0 bridgehead atoms. The maximum absolute atomic E-state index is 5.38. The van der Waals surface area contributed by atoms with E-state index in [0.29, 0.717) is 5.92 Å². The fraction of sp³-hybridized carbons (Fsp3) is 0.538. The second-order valence-corrected chi connectivity index (χ2v) is 4.80. The highest BCUT2D eigenvalue weighted by molar-refractivity contribution is 7.80. The van der Waals surface area contributed by atoms with E-state index in [1.54, 1.807) is 0 Å². The molecule has 0 aliphatic rings. The van der Waals surface area contributed by atoms with Crippen molar-refractivity contribution in [1.82, 2.24) is 15.2 Å². The number of pyridine rings is 1. The Bertz CT molecular complexity index is 338. The number of aromatic nitrogens is 1. The minimum absolute atomic E-state index is 0.599. The molecular formula is C13H21N3S. The summed E-state index contributed by atoms with van der Waals surface area (Å²) in [5.74, 6) is 0.599. The van der Waals surface area contributed by atoms with Gasteiger partial charge in [0.2, 0.25) is 0 Å². The van der Waals surface area contributed by atoms with Crippen LogP contribution >= 0.6 is 12.2 Å². The number of hydrogen-bond donors (Lipinski definition) is 1. The van der Waals surface area contributed by atoms with Crippen LogP contribution in [-0.2, 0) is 6.54 Å². The Morgan fingerprint density at radius 1 is 1.47 bits per heavy atom. The highest BCUT2D eigenvalue weighted by Gasteiger charge is 2.08. The molecule has 0 saturated heterocycles. The zero-order chi connectivity index (χ0) is 12.7. The Morgan fingerprint density at radius 2 is 2.24 bits per heavy atom. The van der Waals surface area contributed by atoms with Crippen molar-refractivity contribution >= 4 is 17.3 Å². The summed E-state index contributed by atoms with van der Waals surface area (Å²) >= 11 is 5.38. The van der Waals surface area contributed by atoms with Crippen LogP contribution in [0.2, 0.25) is 0 Å². The van der Waals surface area contributed by atoms with Gasteiger partial charge in [-0.2, -0.15) is 0 Å². The molecule has 0 unspecified atom stereocenters. The minimum atomic E-state index is 0.599. The highest BCUT2D eigenvalue weighted by Crippen LogP contribution is 2.01. The minimum Gasteiger partial charge on any atom is -0.362 e. The van der Waals surface area contributed by atoms with E-state index in [1.807, 2.05) is 24.4 Å². The maximum atomic E-state index is 5.38. The zero-order valence-electron chi connectivity index (χ0n) is 10.8. The van der Waals surface area contributed by atoms with Gasteiger partial charge in [0.25, 0.3) is 0 Å². The monoisotopic (exact) mass is 251 g/mol. The van der Waals surface area contributed by atoms with Crippen LogP contribution < -0.4 is 5.32 Å². The Labute approximate surface area is 109 Å². The number of rotatable bonds is 5. The van der Waals surface area contributed by atoms with Gasteiger partial charge in [-0.05, 0) is 37.2 Å². The molecule has 1 N–H and O–H groups in total. The molecule has 0 aromatic carbocycles. The van der Waals surface area contributed by atoms with Crippen LogP contribution in [0.15, 0.2) is 24.4 Å². The topological polar surface area (TPSA) is 28.2 Å². The molecule has 0 saturated carbocycles. The first-order valence-corrected chi connectivity index (χ1v) is 6.47. The van der Waals surface area contributed by atoms with Crippen LogP contribution in [0, 0.1) is 5.92 Å². The molecule has 17 heavy (non-hydrogen) atoms. The molecule has 0 amide bonds. The van der Waals surface area contributed by atoms with Gasteiger partial charge in [-0.1, -0.05) is 19.9 Å². The van der Waals surface area contributed by atoms with Crippen LogP contribution in [0.1, 0.15) is 26.5 Å². The molecule has 1 aromatic rings. The SMILES string of the molecule is CCN(Cc1ccccn1)C(=S)NCC(C)C. The maximum Gasteiger partial charge on any atom is 0.169 e. The van der Waals surface area contributed by atoms with Crippen molar-refractivity contribution in [2.24, 2.45) is 5.92 Å². The Kier molecular flexibility index (Phi) is 5.91. The molecule has 0 aliphatic heterocycles. The zero-order valence-corrected chi connectivity index (χ0v) is 11.6. The summed E-state index contributed by atoms with van der Waals surface area (Å²) < 4.78 is 0. The molecule has 0 spiro atoms. The van der Waals surface area contributed by atoms with E-state index in [-0.39, 0.29) is 0 Å². The Balaban J connectivity index is 2.51. The smallest absolute Gasteiger partial charge is 0.169 e. The lowest BCUT2D eigenvalue weighted by Crippen LogP contribution is -2.40. The Hall–Kier alpha value is -1.16. The van der Waals surface area contributed by atoms with Crippen LogP contribution in [0.25, 0.3) is 0 Å². The van der Waals surface area contributed by atoms with Crippen molar-refractivity contribution in [3.8, 4) is 0 Å². The number of hydrogen-bond acceptors (Lipinski definition) is 2. The van der Waals surface area contributed by atoms with Crippen molar-refractivity contribution < 1.29 is 0 Å². The first-order chi connectivity index (χ1) is 8.13. The molecule has 1 heterocycles. The first kappa shape index (κ1) is 13.9. The van der Waals surface area contributed by atoms with Crippen LogP contribution in [0.3, 0.4) is 0 Å². The van der Waals surface area contributed by atoms with Gasteiger partial charge >= 0.3 is 0 Å². The predicted molar refractivity (Wildman–Crippen MR) is 75.8 cm³/mol. The normalized spacial score (nSPS) is 10.4. The fourth-order valence-corrected chi connectivity index (χ4v) is 1.69. The number of nitrogens with zero attached hydrogens (tertiary/aromatic N) is 2. The average Bonchev–Trinajstić information content (AvgIpc) is 2.34. The molecule has 3 nitrogen and oxygen atoms in total. The van der Waals surface area contributed by atoms with E-state index >= 15 is 0 Å². The van der Waals surface area contributed by atoms with E-state index < -0.39 is 0 Å². The third kappa shape index (κ3) is 5.13. The summed E-state index contributed by atoms with van der Waals surface area (Å²) in [4.78, 5) is 6.44. The molecule has 0 aliphatic carbocycles. The second kappa shape index (κ2) is 7.22. The van der Waals surface area contributed by atoms with Crippen LogP contribution in [0.5, 0.6) is 0 Å². The lowest BCUT2D eigenvalue weighted by molar-refractivity contribution is 0.417. The van der Waals surface area contributed by atoms with E-state index in [1.165, 1.54) is 0 Å². The van der Waals surface area contributed by atoms with Crippen molar-refractivity contribution in [3.05, 3.63) is 30.1 Å². The predicted octanol–water partition coefficient (Wildman–Crippen LogP) is 2.43. The lowest BCUT2D eigenvalue weighted by Gasteiger charge is -2.24. The summed E-state index contributed by atoms with van der Waals surface area (Å²) in [6, 6.07) is 5.95. The largest absolute Gasteiger partial charge is 0.362 e. The van der Waals surface area contributed by atoms with E-state index in [4.69, 9.17) is 12.2 Å². The molecule has 1 aromatic heterocycles. The third-order valence-electron chi connectivity index (χ3n) is 2.41. The summed E-state index contributed by atoms with van der Waals surface area (Å²) in [6.45, 7) is 9.01. The lowest BCUT2D eigenvalue weighted by atomic mass is 10.2. The molecule has 0 atom stereocenters.